The predicted molar refractivity (Wildman–Crippen MR) is 126 cm³/mol. The minimum atomic E-state index is -4.68. The van der Waals surface area contributed by atoms with Crippen molar-refractivity contribution in [3.05, 3.63) is 51.3 Å². The number of benzene rings is 1. The van der Waals surface area contributed by atoms with Gasteiger partial charge in [0.2, 0.25) is 0 Å². The fourth-order valence-electron chi connectivity index (χ4n) is 5.13. The number of aryl methyl sites for hydroxylation is 2. The first-order valence-corrected chi connectivity index (χ1v) is 11.5. The van der Waals surface area contributed by atoms with Crippen molar-refractivity contribution in [3.8, 4) is 6.07 Å². The molecular formula is C24H27F4N7O. The van der Waals surface area contributed by atoms with Crippen molar-refractivity contribution in [1.29, 1.82) is 5.26 Å². The number of alkyl halides is 3. The minimum absolute atomic E-state index is 0.0105. The molecule has 0 aliphatic carbocycles. The molecule has 1 unspecified atom stereocenters. The van der Waals surface area contributed by atoms with Crippen LogP contribution in [0.25, 0.3) is 11.0 Å². The average Bonchev–Trinajstić information content (AvgIpc) is 3.13. The lowest BCUT2D eigenvalue weighted by atomic mass is 9.96. The molecule has 3 aromatic rings. The summed E-state index contributed by atoms with van der Waals surface area (Å²) >= 11 is 0. The summed E-state index contributed by atoms with van der Waals surface area (Å²) in [6, 6.07) is 3.77. The van der Waals surface area contributed by atoms with Crippen molar-refractivity contribution < 1.29 is 17.6 Å². The third-order valence-electron chi connectivity index (χ3n) is 7.01. The first kappa shape index (κ1) is 25.6. The van der Waals surface area contributed by atoms with Gasteiger partial charge in [0, 0.05) is 38.3 Å². The Morgan fingerprint density at radius 1 is 1.22 bits per heavy atom. The summed E-state index contributed by atoms with van der Waals surface area (Å²) in [6.45, 7) is 8.05. The number of anilines is 1. The maximum absolute atomic E-state index is 13.7. The summed E-state index contributed by atoms with van der Waals surface area (Å²) in [6.07, 6.45) is -4.68. The minimum Gasteiger partial charge on any atom is -0.349 e. The fraction of sp³-hybridized carbons (Fsp3) is 0.500. The van der Waals surface area contributed by atoms with E-state index in [4.69, 9.17) is 5.26 Å². The Balaban J connectivity index is 1.71. The van der Waals surface area contributed by atoms with Crippen molar-refractivity contribution >= 4 is 16.9 Å². The Hall–Kier alpha value is -3.46. The molecule has 12 heteroatoms. The van der Waals surface area contributed by atoms with Crippen LogP contribution in [0.5, 0.6) is 0 Å². The van der Waals surface area contributed by atoms with Crippen LogP contribution in [0.4, 0.5) is 23.4 Å². The quantitative estimate of drug-likeness (QED) is 0.502. The van der Waals surface area contributed by atoms with Gasteiger partial charge in [0.15, 0.2) is 11.3 Å². The van der Waals surface area contributed by atoms with Gasteiger partial charge in [-0.05, 0) is 45.4 Å². The highest BCUT2D eigenvalue weighted by molar-refractivity contribution is 5.88. The van der Waals surface area contributed by atoms with E-state index in [0.29, 0.717) is 41.7 Å². The molecule has 192 valence electrons. The van der Waals surface area contributed by atoms with E-state index in [0.717, 1.165) is 6.07 Å². The number of aromatic nitrogens is 4. The molecule has 1 fully saturated rings. The average molecular weight is 506 g/mol. The van der Waals surface area contributed by atoms with Gasteiger partial charge < -0.3 is 4.90 Å². The molecule has 1 aromatic carbocycles. The first-order chi connectivity index (χ1) is 16.8. The SMILES string of the molecule is Cc1c2c(nn1CC#N)c(N1C[C@@H](C)N(C(C)c3ccc(F)cc3C(F)(F)F)C[C@@H]1C)nc(=O)n2C. The summed E-state index contributed by atoms with van der Waals surface area (Å²) in [4.78, 5) is 20.9. The van der Waals surface area contributed by atoms with E-state index in [2.05, 4.69) is 16.2 Å². The van der Waals surface area contributed by atoms with Crippen molar-refractivity contribution in [2.45, 2.75) is 58.5 Å². The molecule has 3 heterocycles. The van der Waals surface area contributed by atoms with Gasteiger partial charge in [-0.3, -0.25) is 14.1 Å². The summed E-state index contributed by atoms with van der Waals surface area (Å²) in [7, 11) is 1.60. The van der Waals surface area contributed by atoms with Crippen molar-refractivity contribution in [1.82, 2.24) is 24.2 Å². The van der Waals surface area contributed by atoms with Crippen LogP contribution in [0.1, 0.15) is 43.6 Å². The highest BCUT2D eigenvalue weighted by Crippen LogP contribution is 2.39. The number of halogens is 4. The normalized spacial score (nSPS) is 20.1. The first-order valence-electron chi connectivity index (χ1n) is 11.5. The standard InChI is InChI=1S/C24H27F4N7O/c1-13-12-34(22-20-21(32(5)23(36)30-22)16(4)35(31-20)9-8-29)14(2)11-33(13)15(3)18-7-6-17(25)10-19(18)24(26,27)28/h6-7,10,13-15H,9,11-12H2,1-5H3/t13-,14+,15?/m1/s1. The van der Waals surface area contributed by atoms with Crippen LogP contribution in [0, 0.1) is 24.1 Å². The van der Waals surface area contributed by atoms with E-state index >= 15 is 0 Å². The Morgan fingerprint density at radius 3 is 2.56 bits per heavy atom. The van der Waals surface area contributed by atoms with Crippen LogP contribution in [0.2, 0.25) is 0 Å². The van der Waals surface area contributed by atoms with E-state index in [-0.39, 0.29) is 24.2 Å². The molecule has 0 saturated carbocycles. The number of nitrogens with zero attached hydrogens (tertiary/aromatic N) is 7. The topological polar surface area (TPSA) is 83.0 Å². The molecule has 1 saturated heterocycles. The van der Waals surface area contributed by atoms with Gasteiger partial charge in [-0.2, -0.15) is 28.5 Å². The number of rotatable bonds is 4. The van der Waals surface area contributed by atoms with E-state index in [1.165, 1.54) is 15.3 Å². The van der Waals surface area contributed by atoms with Crippen LogP contribution in [-0.4, -0.2) is 49.4 Å². The lowest BCUT2D eigenvalue weighted by Crippen LogP contribution is -2.57. The lowest BCUT2D eigenvalue weighted by molar-refractivity contribution is -0.139. The van der Waals surface area contributed by atoms with Gasteiger partial charge in [0.1, 0.15) is 12.4 Å². The molecule has 0 bridgehead atoms. The molecular weight excluding hydrogens is 478 g/mol. The highest BCUT2D eigenvalue weighted by Gasteiger charge is 2.39. The van der Waals surface area contributed by atoms with Gasteiger partial charge in [0.05, 0.1) is 22.8 Å². The van der Waals surface area contributed by atoms with E-state index in [1.807, 2.05) is 23.6 Å². The highest BCUT2D eigenvalue weighted by atomic mass is 19.4. The maximum Gasteiger partial charge on any atom is 0.416 e. The van der Waals surface area contributed by atoms with Crippen molar-refractivity contribution in [2.75, 3.05) is 18.0 Å². The zero-order valence-electron chi connectivity index (χ0n) is 20.6. The third kappa shape index (κ3) is 4.32. The lowest BCUT2D eigenvalue weighted by Gasteiger charge is -2.47. The number of nitriles is 1. The van der Waals surface area contributed by atoms with Gasteiger partial charge in [-0.15, -0.1) is 0 Å². The second-order valence-corrected chi connectivity index (χ2v) is 9.33. The van der Waals surface area contributed by atoms with Gasteiger partial charge >= 0.3 is 11.9 Å². The molecule has 0 N–H and O–H groups in total. The summed E-state index contributed by atoms with van der Waals surface area (Å²) < 4.78 is 57.5. The van der Waals surface area contributed by atoms with Crippen LogP contribution >= 0.6 is 0 Å². The molecule has 1 aliphatic rings. The largest absolute Gasteiger partial charge is 0.416 e. The predicted octanol–water partition coefficient (Wildman–Crippen LogP) is 3.78. The molecule has 0 spiro atoms. The maximum atomic E-state index is 13.7. The summed E-state index contributed by atoms with van der Waals surface area (Å²) in [5.41, 5.74) is 0.301. The number of fused-ring (bicyclic) bond motifs is 1. The third-order valence-corrected chi connectivity index (χ3v) is 7.01. The molecule has 36 heavy (non-hydrogen) atoms. The van der Waals surface area contributed by atoms with E-state index in [1.54, 1.807) is 20.9 Å². The molecule has 4 rings (SSSR count). The van der Waals surface area contributed by atoms with Gasteiger partial charge in [-0.25, -0.2) is 9.18 Å². The molecule has 8 nitrogen and oxygen atoms in total. The summed E-state index contributed by atoms with van der Waals surface area (Å²) in [5.74, 6) is -0.548. The second-order valence-electron chi connectivity index (χ2n) is 9.33. The molecule has 1 aliphatic heterocycles. The molecule has 0 amide bonds. The van der Waals surface area contributed by atoms with E-state index < -0.39 is 29.3 Å². The van der Waals surface area contributed by atoms with E-state index in [9.17, 15) is 22.4 Å². The monoisotopic (exact) mass is 505 g/mol. The van der Waals surface area contributed by atoms with Crippen molar-refractivity contribution in [3.63, 3.8) is 0 Å². The Kier molecular flexibility index (Phi) is 6.55. The number of piperazine rings is 1. The zero-order chi connectivity index (χ0) is 26.5. The Morgan fingerprint density at radius 2 is 1.92 bits per heavy atom. The fourth-order valence-corrected chi connectivity index (χ4v) is 5.13. The molecule has 2 aromatic heterocycles. The smallest absolute Gasteiger partial charge is 0.349 e. The van der Waals surface area contributed by atoms with Crippen LogP contribution in [-0.2, 0) is 19.8 Å². The summed E-state index contributed by atoms with van der Waals surface area (Å²) in [5, 5.41) is 13.7. The molecule has 3 atom stereocenters. The number of hydrogen-bond acceptors (Lipinski definition) is 6. The van der Waals surface area contributed by atoms with Crippen LogP contribution < -0.4 is 10.6 Å². The second kappa shape index (κ2) is 9.20. The Labute approximate surface area is 205 Å². The van der Waals surface area contributed by atoms with Gasteiger partial charge in [-0.1, -0.05) is 6.07 Å². The Bertz CT molecular complexity index is 1400. The van der Waals surface area contributed by atoms with Crippen LogP contribution in [0.3, 0.4) is 0 Å². The zero-order valence-corrected chi connectivity index (χ0v) is 20.6. The van der Waals surface area contributed by atoms with Crippen molar-refractivity contribution in [2.24, 2.45) is 7.05 Å². The van der Waals surface area contributed by atoms with Crippen LogP contribution in [0.15, 0.2) is 23.0 Å². The number of hydrogen-bond donors (Lipinski definition) is 0. The molecule has 0 radical (unpaired) electrons. The van der Waals surface area contributed by atoms with Gasteiger partial charge in [0.25, 0.3) is 0 Å².